The van der Waals surface area contributed by atoms with Crippen LogP contribution in [0.1, 0.15) is 5.56 Å². The van der Waals surface area contributed by atoms with Crippen LogP contribution >= 0.6 is 0 Å². The minimum atomic E-state index is -1.92. The van der Waals surface area contributed by atoms with E-state index in [1.165, 1.54) is 7.11 Å². The number of rotatable bonds is 5. The number of nitrogens with zero attached hydrogens (tertiary/aromatic N) is 1. The van der Waals surface area contributed by atoms with Gasteiger partial charge in [-0.3, -0.25) is 0 Å². The minimum absolute atomic E-state index is 0.297. The quantitative estimate of drug-likeness (QED) is 0.467. The Morgan fingerprint density at radius 2 is 1.83 bits per heavy atom. The second-order valence-corrected chi connectivity index (χ2v) is 9.31. The van der Waals surface area contributed by atoms with Gasteiger partial charge in [0.25, 0.3) is 0 Å². The molecule has 18 heavy (non-hydrogen) atoms. The maximum Gasteiger partial charge on any atom is 0.343 e. The molecule has 0 fully saturated rings. The highest BCUT2D eigenvalue weighted by Gasteiger charge is 2.24. The van der Waals surface area contributed by atoms with Gasteiger partial charge in [0.15, 0.2) is 5.71 Å². The van der Waals surface area contributed by atoms with Gasteiger partial charge in [-0.25, -0.2) is 4.79 Å². The van der Waals surface area contributed by atoms with Crippen molar-refractivity contribution in [2.75, 3.05) is 7.11 Å². The zero-order valence-electron chi connectivity index (χ0n) is 11.3. The van der Waals surface area contributed by atoms with Crippen LogP contribution < -0.4 is 0 Å². The number of hydrogen-bond donors (Lipinski definition) is 0. The van der Waals surface area contributed by atoms with E-state index in [9.17, 15) is 4.79 Å². The van der Waals surface area contributed by atoms with Gasteiger partial charge in [0.1, 0.15) is 7.11 Å². The zero-order valence-corrected chi connectivity index (χ0v) is 12.3. The molecule has 0 aliphatic heterocycles. The number of carbonyl (C=O) groups is 1. The molecule has 0 aliphatic rings. The van der Waals surface area contributed by atoms with Crippen molar-refractivity contribution in [1.29, 1.82) is 0 Å². The van der Waals surface area contributed by atoms with Crippen LogP contribution in [0.4, 0.5) is 0 Å². The Labute approximate surface area is 109 Å². The first-order chi connectivity index (χ1) is 8.42. The topological polar surface area (TPSA) is 47.9 Å². The summed E-state index contributed by atoms with van der Waals surface area (Å²) in [6, 6.07) is 9.64. The molecule has 1 aromatic rings. The standard InChI is InChI=1S/C13H19NO3Si/c1-16-14-12(13(15)17-18(2,3)4)10-11-8-6-5-7-9-11/h5-9H,10H2,1-4H3/b14-12+. The molecule has 98 valence electrons. The summed E-state index contributed by atoms with van der Waals surface area (Å²) in [4.78, 5) is 16.7. The summed E-state index contributed by atoms with van der Waals surface area (Å²) in [5.41, 5.74) is 1.30. The largest absolute Gasteiger partial charge is 0.515 e. The summed E-state index contributed by atoms with van der Waals surface area (Å²) in [7, 11) is -0.492. The van der Waals surface area contributed by atoms with Crippen molar-refractivity contribution < 1.29 is 14.1 Å². The Morgan fingerprint density at radius 3 is 2.33 bits per heavy atom. The van der Waals surface area contributed by atoms with Crippen LogP contribution in [0.3, 0.4) is 0 Å². The minimum Gasteiger partial charge on any atom is -0.515 e. The number of benzene rings is 1. The summed E-state index contributed by atoms with van der Waals surface area (Å²) in [5.74, 6) is -0.389. The van der Waals surface area contributed by atoms with E-state index in [-0.39, 0.29) is 5.97 Å². The predicted molar refractivity (Wildman–Crippen MR) is 74.0 cm³/mol. The maximum atomic E-state index is 12.0. The van der Waals surface area contributed by atoms with E-state index in [1.54, 1.807) is 0 Å². The van der Waals surface area contributed by atoms with Gasteiger partial charge in [0.05, 0.1) is 0 Å². The molecule has 0 saturated heterocycles. The number of hydrogen-bond acceptors (Lipinski definition) is 4. The fraction of sp³-hybridized carbons (Fsp3) is 0.385. The molecule has 0 amide bonds. The summed E-state index contributed by atoms with van der Waals surface area (Å²) in [6.07, 6.45) is 0.415. The fourth-order valence-electron chi connectivity index (χ4n) is 1.38. The Morgan fingerprint density at radius 1 is 1.22 bits per heavy atom. The second-order valence-electron chi connectivity index (χ2n) is 4.88. The average molecular weight is 265 g/mol. The van der Waals surface area contributed by atoms with E-state index in [0.717, 1.165) is 5.56 Å². The average Bonchev–Trinajstić information content (AvgIpc) is 2.27. The van der Waals surface area contributed by atoms with Gasteiger partial charge in [-0.15, -0.1) is 0 Å². The monoisotopic (exact) mass is 265 g/mol. The first kappa shape index (κ1) is 14.4. The van der Waals surface area contributed by atoms with Crippen molar-refractivity contribution in [1.82, 2.24) is 0 Å². The van der Waals surface area contributed by atoms with Crippen LogP contribution in [-0.4, -0.2) is 27.1 Å². The first-order valence-electron chi connectivity index (χ1n) is 5.79. The molecule has 0 radical (unpaired) electrons. The highest BCUT2D eigenvalue weighted by atomic mass is 28.4. The molecule has 5 heteroatoms. The summed E-state index contributed by atoms with van der Waals surface area (Å²) in [5, 5.41) is 3.77. The molecule has 0 atom stereocenters. The van der Waals surface area contributed by atoms with Gasteiger partial charge < -0.3 is 9.26 Å². The van der Waals surface area contributed by atoms with Crippen LogP contribution in [0.2, 0.25) is 19.6 Å². The lowest BCUT2D eigenvalue weighted by molar-refractivity contribution is -0.127. The highest BCUT2D eigenvalue weighted by Crippen LogP contribution is 2.07. The lowest BCUT2D eigenvalue weighted by Crippen LogP contribution is -2.33. The molecular weight excluding hydrogens is 246 g/mol. The van der Waals surface area contributed by atoms with Gasteiger partial charge >= 0.3 is 5.97 Å². The molecule has 0 bridgehead atoms. The third-order valence-corrected chi connectivity index (χ3v) is 2.85. The SMILES string of the molecule is CO/N=C(\Cc1ccccc1)C(=O)O[Si](C)(C)C. The first-order valence-corrected chi connectivity index (χ1v) is 9.20. The van der Waals surface area contributed by atoms with E-state index in [0.29, 0.717) is 12.1 Å². The van der Waals surface area contributed by atoms with Crippen molar-refractivity contribution in [2.45, 2.75) is 26.1 Å². The van der Waals surface area contributed by atoms with Crippen LogP contribution in [0.5, 0.6) is 0 Å². The molecule has 1 rings (SSSR count). The van der Waals surface area contributed by atoms with Crippen LogP contribution in [0.15, 0.2) is 35.5 Å². The second kappa shape index (κ2) is 6.35. The third kappa shape index (κ3) is 5.14. The summed E-state index contributed by atoms with van der Waals surface area (Å²) >= 11 is 0. The maximum absolute atomic E-state index is 12.0. The molecule has 0 aromatic heterocycles. The van der Waals surface area contributed by atoms with E-state index in [2.05, 4.69) is 5.16 Å². The summed E-state index contributed by atoms with van der Waals surface area (Å²) < 4.78 is 5.41. The fourth-order valence-corrected chi connectivity index (χ4v) is 2.05. The molecular formula is C13H19NO3Si. The zero-order chi connectivity index (χ0) is 13.6. The molecule has 0 unspecified atom stereocenters. The Hall–Kier alpha value is -1.62. The van der Waals surface area contributed by atoms with Crippen molar-refractivity contribution in [3.8, 4) is 0 Å². The molecule has 0 spiro atoms. The van der Waals surface area contributed by atoms with Gasteiger partial charge in [0.2, 0.25) is 8.32 Å². The van der Waals surface area contributed by atoms with Gasteiger partial charge in [-0.2, -0.15) is 0 Å². The van der Waals surface area contributed by atoms with Crippen molar-refractivity contribution in [3.63, 3.8) is 0 Å². The van der Waals surface area contributed by atoms with Crippen molar-refractivity contribution in [3.05, 3.63) is 35.9 Å². The lowest BCUT2D eigenvalue weighted by Gasteiger charge is -2.17. The Bertz CT molecular complexity index is 424. The molecule has 0 heterocycles. The van der Waals surface area contributed by atoms with Crippen molar-refractivity contribution in [2.24, 2.45) is 5.16 Å². The summed E-state index contributed by atoms with van der Waals surface area (Å²) in [6.45, 7) is 5.87. The molecule has 4 nitrogen and oxygen atoms in total. The predicted octanol–water partition coefficient (Wildman–Crippen LogP) is 2.61. The van der Waals surface area contributed by atoms with E-state index in [4.69, 9.17) is 9.26 Å². The Kier molecular flexibility index (Phi) is 5.09. The van der Waals surface area contributed by atoms with Crippen LogP contribution in [0, 0.1) is 0 Å². The number of carbonyl (C=O) groups excluding carboxylic acids is 1. The highest BCUT2D eigenvalue weighted by molar-refractivity contribution is 6.72. The lowest BCUT2D eigenvalue weighted by atomic mass is 10.1. The van der Waals surface area contributed by atoms with E-state index >= 15 is 0 Å². The van der Waals surface area contributed by atoms with Crippen LogP contribution in [-0.2, 0) is 20.5 Å². The van der Waals surface area contributed by atoms with Gasteiger partial charge in [-0.1, -0.05) is 35.5 Å². The molecule has 1 aromatic carbocycles. The molecule has 0 N–H and O–H groups in total. The van der Waals surface area contributed by atoms with E-state index < -0.39 is 8.32 Å². The van der Waals surface area contributed by atoms with Crippen LogP contribution in [0.25, 0.3) is 0 Å². The normalized spacial score (nSPS) is 12.1. The van der Waals surface area contributed by atoms with Crippen molar-refractivity contribution >= 4 is 20.0 Å². The molecule has 0 aliphatic carbocycles. The third-order valence-electron chi connectivity index (χ3n) is 2.05. The van der Waals surface area contributed by atoms with Gasteiger partial charge in [-0.05, 0) is 25.2 Å². The number of oxime groups is 1. The van der Waals surface area contributed by atoms with Gasteiger partial charge in [0, 0.05) is 6.42 Å². The Balaban J connectivity index is 2.78. The van der Waals surface area contributed by atoms with E-state index in [1.807, 2.05) is 50.0 Å². The smallest absolute Gasteiger partial charge is 0.343 e. The molecule has 0 saturated carbocycles.